The molecule has 4 nitrogen and oxygen atoms in total. The molecule has 0 aliphatic carbocycles. The van der Waals surface area contributed by atoms with E-state index in [0.717, 1.165) is 37.9 Å². The van der Waals surface area contributed by atoms with Crippen LogP contribution in [0.1, 0.15) is 36.8 Å². The topological polar surface area (TPSA) is 52.6 Å². The maximum atomic E-state index is 13.0. The number of aliphatic hydroxyl groups excluding tert-OH is 1. The molecule has 1 aromatic carbocycles. The van der Waals surface area contributed by atoms with E-state index in [1.165, 1.54) is 12.1 Å². The Morgan fingerprint density at radius 3 is 2.50 bits per heavy atom. The number of carbonyl (C=O) groups is 1. The molecule has 0 spiro atoms. The molecule has 2 aliphatic heterocycles. The van der Waals surface area contributed by atoms with E-state index < -0.39 is 17.8 Å². The molecule has 3 rings (SSSR count). The van der Waals surface area contributed by atoms with Gasteiger partial charge in [0.05, 0.1) is 17.7 Å². The lowest BCUT2D eigenvalue weighted by atomic mass is 9.91. The molecule has 2 heterocycles. The minimum atomic E-state index is -4.37. The first kappa shape index (κ1) is 19.3. The lowest BCUT2D eigenvalue weighted by Gasteiger charge is -2.36. The smallest absolute Gasteiger partial charge is 0.392 e. The van der Waals surface area contributed by atoms with Crippen molar-refractivity contribution in [1.82, 2.24) is 10.2 Å². The Hall–Kier alpha value is -1.44. The van der Waals surface area contributed by atoms with Crippen molar-refractivity contribution in [2.75, 3.05) is 19.6 Å². The van der Waals surface area contributed by atoms with Crippen molar-refractivity contribution in [3.8, 4) is 0 Å². The fourth-order valence-corrected chi connectivity index (χ4v) is 3.97. The largest absolute Gasteiger partial charge is 0.416 e. The van der Waals surface area contributed by atoms with Gasteiger partial charge in [-0.15, -0.1) is 0 Å². The van der Waals surface area contributed by atoms with E-state index in [1.54, 1.807) is 0 Å². The second-order valence-corrected chi connectivity index (χ2v) is 7.28. The first-order valence-corrected chi connectivity index (χ1v) is 9.19. The third kappa shape index (κ3) is 4.64. The average molecular weight is 370 g/mol. The Balaban J connectivity index is 1.72. The normalized spacial score (nSPS) is 26.0. The second kappa shape index (κ2) is 8.06. The number of likely N-dealkylation sites (tertiary alicyclic amines) is 1. The molecule has 26 heavy (non-hydrogen) atoms. The highest BCUT2D eigenvalue weighted by Gasteiger charge is 2.37. The van der Waals surface area contributed by atoms with Crippen LogP contribution in [-0.2, 0) is 17.4 Å². The number of nitrogens with zero attached hydrogens (tertiary/aromatic N) is 1. The molecule has 3 unspecified atom stereocenters. The van der Waals surface area contributed by atoms with E-state index in [9.17, 15) is 23.1 Å². The van der Waals surface area contributed by atoms with Crippen LogP contribution in [0.4, 0.5) is 13.2 Å². The SMILES string of the molecule is O=C(Cc1ccc(C(F)(F)F)cc1)C(C1CCCCN1)N1CCC(O)C1. The van der Waals surface area contributed by atoms with Crippen LogP contribution >= 0.6 is 0 Å². The lowest BCUT2D eigenvalue weighted by molar-refractivity contribution is -0.137. The minimum absolute atomic E-state index is 0.00161. The molecule has 3 atom stereocenters. The third-order valence-electron chi connectivity index (χ3n) is 5.31. The number of piperidine rings is 1. The number of benzene rings is 1. The number of hydrogen-bond donors (Lipinski definition) is 2. The molecule has 2 aliphatic rings. The Bertz CT molecular complexity index is 607. The van der Waals surface area contributed by atoms with Crippen LogP contribution in [0.5, 0.6) is 0 Å². The van der Waals surface area contributed by atoms with Crippen molar-refractivity contribution in [2.24, 2.45) is 0 Å². The summed E-state index contributed by atoms with van der Waals surface area (Å²) in [6.07, 6.45) is -1.000. The molecule has 0 bridgehead atoms. The monoisotopic (exact) mass is 370 g/mol. The molecule has 0 aromatic heterocycles. The molecule has 0 amide bonds. The zero-order chi connectivity index (χ0) is 18.7. The van der Waals surface area contributed by atoms with E-state index >= 15 is 0 Å². The minimum Gasteiger partial charge on any atom is -0.392 e. The van der Waals surface area contributed by atoms with Crippen molar-refractivity contribution in [3.05, 3.63) is 35.4 Å². The summed E-state index contributed by atoms with van der Waals surface area (Å²) in [4.78, 5) is 15.0. The van der Waals surface area contributed by atoms with Gasteiger partial charge in [0.25, 0.3) is 0 Å². The molecular formula is C19H25F3N2O2. The number of hydrogen-bond acceptors (Lipinski definition) is 4. The standard InChI is InChI=1S/C19H25F3N2O2/c20-19(21,22)14-6-4-13(5-7-14)11-17(26)18(16-3-1-2-9-23-16)24-10-8-15(25)12-24/h4-7,15-16,18,23,25H,1-3,8-12H2. The quantitative estimate of drug-likeness (QED) is 0.836. The number of carbonyl (C=O) groups excluding carboxylic acids is 1. The molecule has 7 heteroatoms. The zero-order valence-corrected chi connectivity index (χ0v) is 14.6. The molecule has 1 aromatic rings. The van der Waals surface area contributed by atoms with E-state index in [0.29, 0.717) is 25.1 Å². The van der Waals surface area contributed by atoms with Gasteiger partial charge in [-0.2, -0.15) is 13.2 Å². The maximum absolute atomic E-state index is 13.0. The number of β-amino-alcohol motifs (C(OH)–C–C–N with tert-alkyl or cyclic N) is 1. The van der Waals surface area contributed by atoms with Crippen LogP contribution in [0.15, 0.2) is 24.3 Å². The van der Waals surface area contributed by atoms with Gasteiger partial charge in [-0.25, -0.2) is 0 Å². The molecular weight excluding hydrogens is 345 g/mol. The third-order valence-corrected chi connectivity index (χ3v) is 5.31. The van der Waals surface area contributed by atoms with Crippen molar-refractivity contribution in [3.63, 3.8) is 0 Å². The summed E-state index contributed by atoms with van der Waals surface area (Å²) in [5, 5.41) is 13.3. The van der Waals surface area contributed by atoms with Crippen molar-refractivity contribution in [1.29, 1.82) is 0 Å². The fraction of sp³-hybridized carbons (Fsp3) is 0.632. The Morgan fingerprint density at radius 1 is 1.23 bits per heavy atom. The summed E-state index contributed by atoms with van der Waals surface area (Å²) in [7, 11) is 0. The first-order chi connectivity index (χ1) is 12.3. The van der Waals surface area contributed by atoms with Crippen molar-refractivity contribution < 1.29 is 23.1 Å². The average Bonchev–Trinajstić information content (AvgIpc) is 3.01. The van der Waals surface area contributed by atoms with Gasteiger partial charge in [-0.3, -0.25) is 9.69 Å². The van der Waals surface area contributed by atoms with Gasteiger partial charge in [-0.1, -0.05) is 18.6 Å². The summed E-state index contributed by atoms with van der Waals surface area (Å²) in [5.41, 5.74) is -0.120. The highest BCUT2D eigenvalue weighted by Crippen LogP contribution is 2.29. The summed E-state index contributed by atoms with van der Waals surface area (Å²) in [6, 6.07) is 4.51. The Morgan fingerprint density at radius 2 is 1.96 bits per heavy atom. The second-order valence-electron chi connectivity index (χ2n) is 7.28. The summed E-state index contributed by atoms with van der Waals surface area (Å²) in [6.45, 7) is 2.01. The Labute approximate surface area is 151 Å². The van der Waals surface area contributed by atoms with Crippen LogP contribution in [0.3, 0.4) is 0 Å². The van der Waals surface area contributed by atoms with Gasteiger partial charge in [0.2, 0.25) is 0 Å². The lowest BCUT2D eigenvalue weighted by Crippen LogP contribution is -2.55. The summed E-state index contributed by atoms with van der Waals surface area (Å²) < 4.78 is 38.1. The van der Waals surface area contributed by atoms with Crippen LogP contribution in [0, 0.1) is 0 Å². The van der Waals surface area contributed by atoms with Gasteiger partial charge in [0.1, 0.15) is 0 Å². The molecule has 0 radical (unpaired) electrons. The van der Waals surface area contributed by atoms with Crippen molar-refractivity contribution in [2.45, 2.75) is 56.5 Å². The first-order valence-electron chi connectivity index (χ1n) is 9.19. The summed E-state index contributed by atoms with van der Waals surface area (Å²) in [5.74, 6) is -0.00161. The van der Waals surface area contributed by atoms with Crippen molar-refractivity contribution >= 4 is 5.78 Å². The van der Waals surface area contributed by atoms with E-state index in [4.69, 9.17) is 0 Å². The summed E-state index contributed by atoms with van der Waals surface area (Å²) >= 11 is 0. The van der Waals surface area contributed by atoms with Crippen LogP contribution in [0.25, 0.3) is 0 Å². The van der Waals surface area contributed by atoms with Gasteiger partial charge in [0, 0.05) is 25.6 Å². The highest BCUT2D eigenvalue weighted by atomic mass is 19.4. The van der Waals surface area contributed by atoms with Crippen LogP contribution < -0.4 is 5.32 Å². The number of aliphatic hydroxyl groups is 1. The maximum Gasteiger partial charge on any atom is 0.416 e. The molecule has 2 fully saturated rings. The number of nitrogens with one attached hydrogen (secondary N) is 1. The number of Topliss-reactive ketones (excluding diaryl/α,β-unsaturated/α-hetero) is 1. The van der Waals surface area contributed by atoms with Gasteiger partial charge >= 0.3 is 6.18 Å². The molecule has 2 N–H and O–H groups in total. The zero-order valence-electron chi connectivity index (χ0n) is 14.6. The van der Waals surface area contributed by atoms with Gasteiger partial charge in [0.15, 0.2) is 5.78 Å². The predicted molar refractivity (Wildman–Crippen MR) is 91.8 cm³/mol. The predicted octanol–water partition coefficient (Wildman–Crippen LogP) is 2.39. The van der Waals surface area contributed by atoms with E-state index in [2.05, 4.69) is 5.32 Å². The molecule has 2 saturated heterocycles. The number of halogens is 3. The number of ketones is 1. The Kier molecular flexibility index (Phi) is 5.99. The van der Waals surface area contributed by atoms with Crippen LogP contribution in [-0.4, -0.2) is 53.6 Å². The van der Waals surface area contributed by atoms with E-state index in [-0.39, 0.29) is 24.3 Å². The highest BCUT2D eigenvalue weighted by molar-refractivity contribution is 5.87. The fourth-order valence-electron chi connectivity index (χ4n) is 3.97. The van der Waals surface area contributed by atoms with E-state index in [1.807, 2.05) is 4.90 Å². The van der Waals surface area contributed by atoms with Crippen LogP contribution in [0.2, 0.25) is 0 Å². The number of alkyl halides is 3. The van der Waals surface area contributed by atoms with Gasteiger partial charge in [-0.05, 0) is 43.5 Å². The molecule has 0 saturated carbocycles. The van der Waals surface area contributed by atoms with Gasteiger partial charge < -0.3 is 10.4 Å². The molecule has 144 valence electrons. The number of rotatable bonds is 5.